The summed E-state index contributed by atoms with van der Waals surface area (Å²) >= 11 is -2.63. The van der Waals surface area contributed by atoms with E-state index in [0.29, 0.717) is 0 Å². The SMILES string of the molecule is CC(C)(C)c1cn2c3cc[c]([Ge]([CH3])([CH3])[c]4ccc5c(c4)c4coc6c(C(C)(C)C)cn5c64)cc3c3coc1c32. The molecule has 4 nitrogen and oxygen atoms in total. The summed E-state index contributed by atoms with van der Waals surface area (Å²) in [5.74, 6) is 5.03. The Labute approximate surface area is 230 Å². The number of rotatable bonds is 2. The Morgan fingerprint density at radius 3 is 1.38 bits per heavy atom. The summed E-state index contributed by atoms with van der Waals surface area (Å²) in [5.41, 5.74) is 9.63. The molecule has 0 N–H and O–H groups in total. The Morgan fingerprint density at radius 2 is 1.00 bits per heavy atom. The van der Waals surface area contributed by atoms with Crippen molar-refractivity contribution < 1.29 is 8.83 Å². The van der Waals surface area contributed by atoms with Gasteiger partial charge in [-0.05, 0) is 0 Å². The third kappa shape index (κ3) is 2.91. The average molecular weight is 575 g/mol. The molecule has 0 bridgehead atoms. The molecular formula is C34H34GeN2O2. The van der Waals surface area contributed by atoms with Crippen molar-refractivity contribution in [1.82, 2.24) is 8.80 Å². The molecular weight excluding hydrogens is 541 g/mol. The molecule has 0 atom stereocenters. The predicted octanol–water partition coefficient (Wildman–Crippen LogP) is 8.28. The standard InChI is InChI=1S/C34H34GeN2O2/c1-33(2,3)25-15-36-27-11-9-19(13-21(27)23-17-38-31(25)29(23)36)35(7,8)20-10-12-28-22(14-20)24-18-39-32-26(34(4,5)6)16-37(28)30(24)32/h9-18H,1-8H3. The molecule has 0 aliphatic rings. The second-order valence-electron chi connectivity index (χ2n) is 14.1. The van der Waals surface area contributed by atoms with E-state index in [1.165, 1.54) is 63.5 Å². The van der Waals surface area contributed by atoms with Gasteiger partial charge in [-0.2, -0.15) is 0 Å². The number of hydrogen-bond donors (Lipinski definition) is 0. The number of benzene rings is 2. The summed E-state index contributed by atoms with van der Waals surface area (Å²) in [5, 5.41) is 5.03. The number of fused-ring (bicyclic) bond motifs is 6. The summed E-state index contributed by atoms with van der Waals surface area (Å²) in [7, 11) is 0. The van der Waals surface area contributed by atoms with E-state index in [-0.39, 0.29) is 10.8 Å². The zero-order chi connectivity index (χ0) is 27.2. The maximum absolute atomic E-state index is 6.15. The first kappa shape index (κ1) is 23.5. The quantitative estimate of drug-likeness (QED) is 0.195. The molecule has 0 saturated carbocycles. The Hall–Kier alpha value is -3.38. The van der Waals surface area contributed by atoms with Crippen molar-refractivity contribution >= 4 is 76.8 Å². The number of aromatic nitrogens is 2. The molecule has 196 valence electrons. The number of furan rings is 2. The van der Waals surface area contributed by atoms with Crippen LogP contribution in [0.2, 0.25) is 11.5 Å². The number of nitrogens with zero attached hydrogens (tertiary/aromatic N) is 2. The summed E-state index contributed by atoms with van der Waals surface area (Å²) in [6.45, 7) is 13.5. The van der Waals surface area contributed by atoms with Gasteiger partial charge in [0.2, 0.25) is 0 Å². The molecule has 0 amide bonds. The summed E-state index contributed by atoms with van der Waals surface area (Å²) in [4.78, 5) is 0. The zero-order valence-electron chi connectivity index (χ0n) is 24.0. The van der Waals surface area contributed by atoms with Crippen molar-refractivity contribution in [3.05, 3.63) is 72.4 Å². The average Bonchev–Trinajstić information content (AvgIpc) is 3.66. The summed E-state index contributed by atoms with van der Waals surface area (Å²) in [6.07, 6.45) is 8.49. The van der Waals surface area contributed by atoms with E-state index in [2.05, 4.69) is 111 Å². The molecule has 5 heteroatoms. The first-order valence-electron chi connectivity index (χ1n) is 13.9. The van der Waals surface area contributed by atoms with Crippen LogP contribution in [0, 0.1) is 0 Å². The first-order chi connectivity index (χ1) is 18.4. The molecule has 8 rings (SSSR count). The van der Waals surface area contributed by atoms with Crippen LogP contribution in [-0.4, -0.2) is 22.1 Å². The van der Waals surface area contributed by atoms with Gasteiger partial charge in [0.1, 0.15) is 0 Å². The van der Waals surface area contributed by atoms with Crippen molar-refractivity contribution in [3.8, 4) is 0 Å². The van der Waals surface area contributed by atoms with Gasteiger partial charge < -0.3 is 0 Å². The predicted molar refractivity (Wildman–Crippen MR) is 166 cm³/mol. The molecule has 0 fully saturated rings. The van der Waals surface area contributed by atoms with Gasteiger partial charge in [0.25, 0.3) is 0 Å². The molecule has 0 unspecified atom stereocenters. The van der Waals surface area contributed by atoms with Crippen LogP contribution in [0.5, 0.6) is 0 Å². The molecule has 0 saturated heterocycles. The number of hydrogen-bond acceptors (Lipinski definition) is 2. The van der Waals surface area contributed by atoms with E-state index in [0.717, 1.165) is 11.2 Å². The second kappa shape index (κ2) is 7.03. The van der Waals surface area contributed by atoms with E-state index in [4.69, 9.17) is 8.83 Å². The zero-order valence-corrected chi connectivity index (χ0v) is 26.1. The van der Waals surface area contributed by atoms with Crippen LogP contribution in [-0.2, 0) is 10.8 Å². The van der Waals surface area contributed by atoms with E-state index in [1.807, 2.05) is 12.5 Å². The van der Waals surface area contributed by atoms with Crippen molar-refractivity contribution in [2.45, 2.75) is 63.9 Å². The Bertz CT molecular complexity index is 2050. The molecule has 2 aromatic carbocycles. The van der Waals surface area contributed by atoms with Crippen LogP contribution in [0.3, 0.4) is 0 Å². The van der Waals surface area contributed by atoms with Gasteiger partial charge in [-0.1, -0.05) is 0 Å². The maximum atomic E-state index is 6.15. The van der Waals surface area contributed by atoms with Crippen molar-refractivity contribution in [2.75, 3.05) is 0 Å². The fourth-order valence-electron chi connectivity index (χ4n) is 6.77. The molecule has 0 aliphatic heterocycles. The van der Waals surface area contributed by atoms with Crippen molar-refractivity contribution in [3.63, 3.8) is 0 Å². The Kier molecular flexibility index (Phi) is 4.24. The summed E-state index contributed by atoms with van der Waals surface area (Å²) < 4.78 is 19.9. The van der Waals surface area contributed by atoms with Crippen LogP contribution in [0.4, 0.5) is 0 Å². The molecule has 8 aromatic rings. The van der Waals surface area contributed by atoms with Crippen molar-refractivity contribution in [2.24, 2.45) is 0 Å². The van der Waals surface area contributed by atoms with Gasteiger partial charge in [-0.25, -0.2) is 0 Å². The fraction of sp³-hybridized carbons (Fsp3) is 0.294. The van der Waals surface area contributed by atoms with E-state index in [1.54, 1.807) is 0 Å². The molecule has 0 spiro atoms. The van der Waals surface area contributed by atoms with Crippen LogP contribution in [0.25, 0.3) is 54.8 Å². The van der Waals surface area contributed by atoms with Crippen LogP contribution in [0.1, 0.15) is 52.7 Å². The third-order valence-corrected chi connectivity index (χ3v) is 16.5. The van der Waals surface area contributed by atoms with E-state index < -0.39 is 13.3 Å². The third-order valence-electron chi connectivity index (χ3n) is 9.17. The van der Waals surface area contributed by atoms with Gasteiger partial charge in [0.05, 0.1) is 0 Å². The fourth-order valence-corrected chi connectivity index (χ4v) is 11.7. The topological polar surface area (TPSA) is 35.1 Å². The first-order valence-corrected chi connectivity index (χ1v) is 20.2. The molecule has 6 heterocycles. The van der Waals surface area contributed by atoms with E-state index >= 15 is 0 Å². The molecule has 0 radical (unpaired) electrons. The molecule has 6 aromatic heterocycles. The summed E-state index contributed by atoms with van der Waals surface area (Å²) in [6, 6.07) is 14.3. The van der Waals surface area contributed by atoms with Crippen molar-refractivity contribution in [1.29, 1.82) is 0 Å². The van der Waals surface area contributed by atoms with Crippen LogP contribution >= 0.6 is 0 Å². The minimum absolute atomic E-state index is 0.0384. The second-order valence-corrected chi connectivity index (χ2v) is 23.3. The van der Waals surface area contributed by atoms with Gasteiger partial charge in [-0.3, -0.25) is 0 Å². The van der Waals surface area contributed by atoms with E-state index in [9.17, 15) is 0 Å². The van der Waals surface area contributed by atoms with Gasteiger partial charge in [-0.15, -0.1) is 0 Å². The molecule has 0 aliphatic carbocycles. The van der Waals surface area contributed by atoms with Gasteiger partial charge in [0.15, 0.2) is 0 Å². The Balaban J connectivity index is 1.29. The van der Waals surface area contributed by atoms with Gasteiger partial charge in [0, 0.05) is 0 Å². The normalized spacial score (nSPS) is 14.2. The van der Waals surface area contributed by atoms with Crippen LogP contribution < -0.4 is 8.79 Å². The van der Waals surface area contributed by atoms with Gasteiger partial charge >= 0.3 is 231 Å². The minimum atomic E-state index is -2.63. The Morgan fingerprint density at radius 1 is 0.590 bits per heavy atom. The van der Waals surface area contributed by atoms with Crippen LogP contribution in [0.15, 0.2) is 70.2 Å². The molecule has 39 heavy (non-hydrogen) atoms. The monoisotopic (exact) mass is 576 g/mol.